The van der Waals surface area contributed by atoms with Crippen LogP contribution in [0.4, 0.5) is 0 Å². The van der Waals surface area contributed by atoms with Gasteiger partial charge in [0.1, 0.15) is 11.6 Å². The van der Waals surface area contributed by atoms with Crippen LogP contribution in [0, 0.1) is 18.3 Å². The quantitative estimate of drug-likeness (QED) is 0.655. The largest absolute Gasteiger partial charge is 0.420 e. The number of benzene rings is 1. The molecule has 1 aliphatic rings. The van der Waals surface area contributed by atoms with Crippen molar-refractivity contribution >= 4 is 11.6 Å². The minimum absolute atomic E-state index is 0.0507. The second-order valence-corrected chi connectivity index (χ2v) is 6.14. The SMILES string of the molecule is Cc1[nH]nc2c1[C@H](c1cn[nH]c1-c1ccc(Cl)cc1)C(C#N)=C(N)O2. The molecule has 0 saturated heterocycles. The fourth-order valence-corrected chi connectivity index (χ4v) is 3.20. The molecule has 0 unspecified atom stereocenters. The van der Waals surface area contributed by atoms with Gasteiger partial charge in [-0.2, -0.15) is 10.4 Å². The number of nitriles is 1. The third-order valence-corrected chi connectivity index (χ3v) is 4.49. The number of hydrogen-bond acceptors (Lipinski definition) is 5. The number of hydrogen-bond donors (Lipinski definition) is 3. The molecule has 3 heterocycles. The summed E-state index contributed by atoms with van der Waals surface area (Å²) in [5.41, 5.74) is 10.4. The van der Waals surface area contributed by atoms with Gasteiger partial charge in [0.15, 0.2) is 0 Å². The van der Waals surface area contributed by atoms with E-state index in [2.05, 4.69) is 26.5 Å². The number of H-pyrrole nitrogens is 2. The lowest BCUT2D eigenvalue weighted by Crippen LogP contribution is -2.21. The Hall–Kier alpha value is -3.24. The molecule has 1 aliphatic heterocycles. The van der Waals surface area contributed by atoms with E-state index in [-0.39, 0.29) is 5.88 Å². The van der Waals surface area contributed by atoms with Crippen molar-refractivity contribution < 1.29 is 4.74 Å². The molecule has 0 fully saturated rings. The lowest BCUT2D eigenvalue weighted by molar-refractivity contribution is 0.379. The van der Waals surface area contributed by atoms with Crippen molar-refractivity contribution in [2.45, 2.75) is 12.8 Å². The lowest BCUT2D eigenvalue weighted by atomic mass is 9.83. The van der Waals surface area contributed by atoms with Gasteiger partial charge < -0.3 is 10.5 Å². The van der Waals surface area contributed by atoms with E-state index in [0.717, 1.165) is 28.1 Å². The van der Waals surface area contributed by atoms with Crippen molar-refractivity contribution in [3.05, 3.63) is 63.8 Å². The fourth-order valence-electron chi connectivity index (χ4n) is 3.07. The molecular formula is C17H13ClN6O. The van der Waals surface area contributed by atoms with Crippen LogP contribution in [0.1, 0.15) is 22.7 Å². The standard InChI is InChI=1S/C17H13ClN6O/c1-8-13-14(11(6-19)16(20)25-17(13)24-22-8)12-7-21-23-15(12)9-2-4-10(18)5-3-9/h2-5,7,14H,20H2,1H3,(H,21,23)(H,22,24)/t14-/m0/s1. The normalized spacial score (nSPS) is 16.3. The van der Waals surface area contributed by atoms with E-state index < -0.39 is 5.92 Å². The third kappa shape index (κ3) is 2.35. The maximum atomic E-state index is 9.64. The summed E-state index contributed by atoms with van der Waals surface area (Å²) in [6.45, 7) is 1.88. The zero-order valence-corrected chi connectivity index (χ0v) is 13.9. The van der Waals surface area contributed by atoms with Crippen LogP contribution in [0.25, 0.3) is 11.3 Å². The molecule has 1 atom stereocenters. The predicted molar refractivity (Wildman–Crippen MR) is 91.7 cm³/mol. The minimum atomic E-state index is -0.420. The first kappa shape index (κ1) is 15.3. The van der Waals surface area contributed by atoms with Crippen molar-refractivity contribution in [2.24, 2.45) is 5.73 Å². The fraction of sp³-hybridized carbons (Fsp3) is 0.118. The first-order chi connectivity index (χ1) is 12.1. The molecule has 4 N–H and O–H groups in total. The molecule has 4 rings (SSSR count). The van der Waals surface area contributed by atoms with E-state index >= 15 is 0 Å². The first-order valence-electron chi connectivity index (χ1n) is 7.51. The Morgan fingerprint density at radius 2 is 2.04 bits per heavy atom. The van der Waals surface area contributed by atoms with Gasteiger partial charge in [-0.15, -0.1) is 5.10 Å². The topological polar surface area (TPSA) is 116 Å². The number of aryl methyl sites for hydroxylation is 1. The Morgan fingerprint density at radius 1 is 1.28 bits per heavy atom. The molecular weight excluding hydrogens is 340 g/mol. The van der Waals surface area contributed by atoms with Gasteiger partial charge in [-0.25, -0.2) is 0 Å². The smallest absolute Gasteiger partial charge is 0.244 e. The second-order valence-electron chi connectivity index (χ2n) is 5.70. The Kier molecular flexibility index (Phi) is 3.48. The number of rotatable bonds is 2. The maximum Gasteiger partial charge on any atom is 0.244 e. The van der Waals surface area contributed by atoms with Gasteiger partial charge in [0.2, 0.25) is 11.8 Å². The lowest BCUT2D eigenvalue weighted by Gasteiger charge is -2.23. The van der Waals surface area contributed by atoms with Crippen molar-refractivity contribution in [1.29, 1.82) is 5.26 Å². The summed E-state index contributed by atoms with van der Waals surface area (Å²) in [6.07, 6.45) is 1.70. The number of halogens is 1. The van der Waals surface area contributed by atoms with Crippen molar-refractivity contribution in [2.75, 3.05) is 0 Å². The molecule has 7 nitrogen and oxygen atoms in total. The molecule has 0 aliphatic carbocycles. The molecule has 8 heteroatoms. The Bertz CT molecular complexity index is 1020. The van der Waals surface area contributed by atoms with E-state index in [9.17, 15) is 5.26 Å². The Labute approximate surface area is 148 Å². The highest BCUT2D eigenvalue weighted by molar-refractivity contribution is 6.30. The Balaban J connectivity index is 1.93. The molecule has 0 spiro atoms. The zero-order chi connectivity index (χ0) is 17.6. The highest BCUT2D eigenvalue weighted by atomic mass is 35.5. The van der Waals surface area contributed by atoms with Gasteiger partial charge in [0.25, 0.3) is 0 Å². The zero-order valence-electron chi connectivity index (χ0n) is 13.2. The van der Waals surface area contributed by atoms with Gasteiger partial charge in [0.05, 0.1) is 17.8 Å². The maximum absolute atomic E-state index is 9.64. The summed E-state index contributed by atoms with van der Waals surface area (Å²) < 4.78 is 5.49. The van der Waals surface area contributed by atoms with Crippen molar-refractivity contribution in [3.63, 3.8) is 0 Å². The number of nitrogens with one attached hydrogen (secondary N) is 2. The average molecular weight is 353 g/mol. The summed E-state index contributed by atoms with van der Waals surface area (Å²) >= 11 is 5.98. The van der Waals surface area contributed by atoms with E-state index in [4.69, 9.17) is 22.1 Å². The molecule has 2 aromatic heterocycles. The van der Waals surface area contributed by atoms with Crippen LogP contribution in [0.2, 0.25) is 5.02 Å². The summed E-state index contributed by atoms with van der Waals surface area (Å²) in [7, 11) is 0. The van der Waals surface area contributed by atoms with Crippen LogP contribution < -0.4 is 10.5 Å². The van der Waals surface area contributed by atoms with Crippen LogP contribution in [-0.2, 0) is 0 Å². The predicted octanol–water partition coefficient (Wildman–Crippen LogP) is 2.98. The molecule has 0 saturated carbocycles. The van der Waals surface area contributed by atoms with Gasteiger partial charge in [-0.3, -0.25) is 10.2 Å². The first-order valence-corrected chi connectivity index (χ1v) is 7.89. The second kappa shape index (κ2) is 5.69. The number of allylic oxidation sites excluding steroid dienone is 1. The van der Waals surface area contributed by atoms with E-state index in [0.29, 0.717) is 16.5 Å². The van der Waals surface area contributed by atoms with Gasteiger partial charge >= 0.3 is 0 Å². The van der Waals surface area contributed by atoms with Gasteiger partial charge in [0, 0.05) is 21.8 Å². The highest BCUT2D eigenvalue weighted by Gasteiger charge is 2.36. The van der Waals surface area contributed by atoms with Crippen molar-refractivity contribution in [1.82, 2.24) is 20.4 Å². The van der Waals surface area contributed by atoms with Crippen LogP contribution in [-0.4, -0.2) is 20.4 Å². The van der Waals surface area contributed by atoms with Crippen LogP contribution >= 0.6 is 11.6 Å². The molecule has 0 bridgehead atoms. The summed E-state index contributed by atoms with van der Waals surface area (Å²) in [4.78, 5) is 0. The summed E-state index contributed by atoms with van der Waals surface area (Å²) in [5, 5.41) is 24.5. The molecule has 0 amide bonds. The number of fused-ring (bicyclic) bond motifs is 1. The summed E-state index contributed by atoms with van der Waals surface area (Å²) in [5.74, 6) is 0.00828. The van der Waals surface area contributed by atoms with E-state index in [1.54, 1.807) is 18.3 Å². The number of aromatic amines is 2. The molecule has 1 aromatic carbocycles. The monoisotopic (exact) mass is 352 g/mol. The van der Waals surface area contributed by atoms with Crippen LogP contribution in [0.5, 0.6) is 5.88 Å². The number of nitrogens with zero attached hydrogens (tertiary/aromatic N) is 3. The number of aromatic nitrogens is 4. The van der Waals surface area contributed by atoms with Gasteiger partial charge in [-0.1, -0.05) is 23.7 Å². The summed E-state index contributed by atoms with van der Waals surface area (Å²) in [6, 6.07) is 9.54. The number of nitrogens with two attached hydrogens (primary N) is 1. The minimum Gasteiger partial charge on any atom is -0.420 e. The third-order valence-electron chi connectivity index (χ3n) is 4.24. The van der Waals surface area contributed by atoms with Crippen molar-refractivity contribution in [3.8, 4) is 23.2 Å². The highest BCUT2D eigenvalue weighted by Crippen LogP contribution is 2.44. The van der Waals surface area contributed by atoms with Gasteiger partial charge in [-0.05, 0) is 24.6 Å². The number of ether oxygens (including phenoxy) is 1. The van der Waals surface area contributed by atoms with E-state index in [1.807, 2.05) is 19.1 Å². The molecule has 3 aromatic rings. The van der Waals surface area contributed by atoms with Crippen LogP contribution in [0.15, 0.2) is 41.9 Å². The molecule has 0 radical (unpaired) electrons. The molecule has 124 valence electrons. The van der Waals surface area contributed by atoms with Crippen LogP contribution in [0.3, 0.4) is 0 Å². The van der Waals surface area contributed by atoms with E-state index in [1.165, 1.54) is 0 Å². The molecule has 25 heavy (non-hydrogen) atoms. The Morgan fingerprint density at radius 3 is 2.76 bits per heavy atom. The average Bonchev–Trinajstić information content (AvgIpc) is 3.22.